The van der Waals surface area contributed by atoms with E-state index in [1.807, 2.05) is 6.07 Å². The first kappa shape index (κ1) is 9.11. The third-order valence-electron chi connectivity index (χ3n) is 1.30. The highest BCUT2D eigenvalue weighted by atomic mass is 32.1. The van der Waals surface area contributed by atoms with Crippen LogP contribution < -0.4 is 0 Å². The summed E-state index contributed by atoms with van der Waals surface area (Å²) in [4.78, 5) is 3.97. The van der Waals surface area contributed by atoms with Gasteiger partial charge in [-0.3, -0.25) is 4.98 Å². The van der Waals surface area contributed by atoms with Crippen LogP contribution in [-0.4, -0.2) is 15.8 Å². The SMILES string of the molecule is OCc1ccc(C#CCS)cn1. The Morgan fingerprint density at radius 1 is 1.50 bits per heavy atom. The molecule has 12 heavy (non-hydrogen) atoms. The van der Waals surface area contributed by atoms with Crippen molar-refractivity contribution >= 4 is 12.6 Å². The maximum absolute atomic E-state index is 8.69. The van der Waals surface area contributed by atoms with Crippen LogP contribution in [0.4, 0.5) is 0 Å². The van der Waals surface area contributed by atoms with Gasteiger partial charge in [-0.2, -0.15) is 12.6 Å². The average molecular weight is 179 g/mol. The first-order valence-electron chi connectivity index (χ1n) is 3.52. The molecule has 0 radical (unpaired) electrons. The lowest BCUT2D eigenvalue weighted by atomic mass is 10.2. The number of hydrogen-bond acceptors (Lipinski definition) is 3. The Hall–Kier alpha value is -0.980. The number of aliphatic hydroxyl groups excluding tert-OH is 1. The quantitative estimate of drug-likeness (QED) is 0.495. The van der Waals surface area contributed by atoms with Crippen molar-refractivity contribution in [2.45, 2.75) is 6.61 Å². The van der Waals surface area contributed by atoms with Gasteiger partial charge in [0.2, 0.25) is 0 Å². The molecule has 0 saturated carbocycles. The number of hydrogen-bond donors (Lipinski definition) is 2. The third-order valence-corrected chi connectivity index (χ3v) is 1.46. The van der Waals surface area contributed by atoms with Crippen LogP contribution in [0.15, 0.2) is 18.3 Å². The summed E-state index contributed by atoms with van der Waals surface area (Å²) in [6.07, 6.45) is 1.64. The normalized spacial score (nSPS) is 8.83. The summed E-state index contributed by atoms with van der Waals surface area (Å²) in [6.45, 7) is -0.0275. The van der Waals surface area contributed by atoms with Gasteiger partial charge < -0.3 is 5.11 Å². The molecule has 0 aliphatic heterocycles. The van der Waals surface area contributed by atoms with E-state index < -0.39 is 0 Å². The van der Waals surface area contributed by atoms with Crippen LogP contribution in [0, 0.1) is 11.8 Å². The van der Waals surface area contributed by atoms with Gasteiger partial charge in [-0.25, -0.2) is 0 Å². The number of aliphatic hydroxyl groups is 1. The third kappa shape index (κ3) is 2.57. The summed E-state index contributed by atoms with van der Waals surface area (Å²) in [5.74, 6) is 6.23. The van der Waals surface area contributed by atoms with Crippen molar-refractivity contribution in [2.75, 3.05) is 5.75 Å². The first-order valence-corrected chi connectivity index (χ1v) is 4.15. The summed E-state index contributed by atoms with van der Waals surface area (Å²) in [5, 5.41) is 8.69. The highest BCUT2D eigenvalue weighted by Crippen LogP contribution is 1.97. The van der Waals surface area contributed by atoms with E-state index in [0.29, 0.717) is 11.4 Å². The Labute approximate surface area is 77.1 Å². The minimum absolute atomic E-state index is 0.0275. The second-order valence-corrected chi connectivity index (χ2v) is 2.47. The number of thiol groups is 1. The van der Waals surface area contributed by atoms with Gasteiger partial charge >= 0.3 is 0 Å². The topological polar surface area (TPSA) is 33.1 Å². The van der Waals surface area contributed by atoms with Gasteiger partial charge in [0, 0.05) is 11.8 Å². The molecule has 62 valence electrons. The monoisotopic (exact) mass is 179 g/mol. The Morgan fingerprint density at radius 2 is 2.33 bits per heavy atom. The summed E-state index contributed by atoms with van der Waals surface area (Å²) in [7, 11) is 0. The summed E-state index contributed by atoms with van der Waals surface area (Å²) < 4.78 is 0. The van der Waals surface area contributed by atoms with E-state index >= 15 is 0 Å². The molecule has 3 heteroatoms. The molecule has 0 saturated heterocycles. The molecule has 1 heterocycles. The van der Waals surface area contributed by atoms with Crippen LogP contribution in [0.2, 0.25) is 0 Å². The van der Waals surface area contributed by atoms with Gasteiger partial charge in [0.1, 0.15) is 0 Å². The second-order valence-electron chi connectivity index (χ2n) is 2.16. The molecule has 0 aliphatic rings. The minimum Gasteiger partial charge on any atom is -0.390 e. The fraction of sp³-hybridized carbons (Fsp3) is 0.222. The van der Waals surface area contributed by atoms with E-state index in [1.165, 1.54) is 0 Å². The van der Waals surface area contributed by atoms with Crippen LogP contribution in [0.25, 0.3) is 0 Å². The molecule has 0 atom stereocenters. The molecule has 0 unspecified atom stereocenters. The van der Waals surface area contributed by atoms with E-state index in [9.17, 15) is 0 Å². The van der Waals surface area contributed by atoms with Crippen LogP contribution in [0.3, 0.4) is 0 Å². The van der Waals surface area contributed by atoms with Gasteiger partial charge in [0.15, 0.2) is 0 Å². The molecule has 1 aromatic rings. The van der Waals surface area contributed by atoms with Crippen molar-refractivity contribution in [3.8, 4) is 11.8 Å². The minimum atomic E-state index is -0.0275. The highest BCUT2D eigenvalue weighted by molar-refractivity contribution is 7.80. The maximum Gasteiger partial charge on any atom is 0.0852 e. The molecule has 2 nitrogen and oxygen atoms in total. The molecule has 0 bridgehead atoms. The summed E-state index contributed by atoms with van der Waals surface area (Å²) in [6, 6.07) is 3.58. The van der Waals surface area contributed by atoms with E-state index in [1.54, 1.807) is 12.3 Å². The van der Waals surface area contributed by atoms with Crippen LogP contribution in [0.5, 0.6) is 0 Å². The fourth-order valence-electron chi connectivity index (χ4n) is 0.734. The highest BCUT2D eigenvalue weighted by Gasteiger charge is 1.90. The van der Waals surface area contributed by atoms with Crippen molar-refractivity contribution in [3.63, 3.8) is 0 Å². The van der Waals surface area contributed by atoms with E-state index in [-0.39, 0.29) is 6.61 Å². The number of nitrogens with zero attached hydrogens (tertiary/aromatic N) is 1. The Kier molecular flexibility index (Phi) is 3.65. The molecule has 0 aromatic carbocycles. The summed E-state index contributed by atoms with van der Waals surface area (Å²) >= 11 is 3.96. The largest absolute Gasteiger partial charge is 0.390 e. The molecule has 1 rings (SSSR count). The fourth-order valence-corrected chi connectivity index (χ4v) is 0.813. The lowest BCUT2D eigenvalue weighted by Gasteiger charge is -1.93. The molecule has 1 N–H and O–H groups in total. The van der Waals surface area contributed by atoms with Crippen LogP contribution >= 0.6 is 12.6 Å². The van der Waals surface area contributed by atoms with Gasteiger partial charge in [-0.15, -0.1) is 0 Å². The Balaban J connectivity index is 2.78. The zero-order chi connectivity index (χ0) is 8.81. The van der Waals surface area contributed by atoms with Gasteiger partial charge in [-0.1, -0.05) is 11.8 Å². The van der Waals surface area contributed by atoms with Crippen LogP contribution in [0.1, 0.15) is 11.3 Å². The molecule has 0 fully saturated rings. The van der Waals surface area contributed by atoms with Crippen molar-refractivity contribution in [3.05, 3.63) is 29.6 Å². The standard InChI is InChI=1S/C9H9NOS/c11-7-9-4-3-8(6-10-9)2-1-5-12/h3-4,6,11-12H,5,7H2. The molecule has 1 aromatic heterocycles. The predicted octanol–water partition coefficient (Wildman–Crippen LogP) is 0.855. The van der Waals surface area contributed by atoms with Crippen molar-refractivity contribution in [1.29, 1.82) is 0 Å². The predicted molar refractivity (Wildman–Crippen MR) is 50.9 cm³/mol. The maximum atomic E-state index is 8.69. The van der Waals surface area contributed by atoms with E-state index in [0.717, 1.165) is 5.56 Å². The Bertz CT molecular complexity index is 297. The first-order chi connectivity index (χ1) is 5.86. The molecule has 0 amide bonds. The molecular formula is C9H9NOS. The number of aromatic nitrogens is 1. The second kappa shape index (κ2) is 4.81. The van der Waals surface area contributed by atoms with Crippen molar-refractivity contribution in [1.82, 2.24) is 4.98 Å². The smallest absolute Gasteiger partial charge is 0.0852 e. The zero-order valence-electron chi connectivity index (χ0n) is 6.49. The van der Waals surface area contributed by atoms with Crippen molar-refractivity contribution in [2.24, 2.45) is 0 Å². The summed E-state index contributed by atoms with van der Waals surface area (Å²) in [5.41, 5.74) is 1.51. The Morgan fingerprint density at radius 3 is 2.83 bits per heavy atom. The van der Waals surface area contributed by atoms with Gasteiger partial charge in [0.25, 0.3) is 0 Å². The lowest BCUT2D eigenvalue weighted by Crippen LogP contribution is -1.88. The van der Waals surface area contributed by atoms with Gasteiger partial charge in [-0.05, 0) is 12.1 Å². The van der Waals surface area contributed by atoms with Crippen molar-refractivity contribution < 1.29 is 5.11 Å². The average Bonchev–Trinajstić information content (AvgIpc) is 2.15. The molecule has 0 aliphatic carbocycles. The van der Waals surface area contributed by atoms with Gasteiger partial charge in [0.05, 0.1) is 18.1 Å². The number of rotatable bonds is 1. The van der Waals surface area contributed by atoms with Crippen LogP contribution in [-0.2, 0) is 6.61 Å². The molecular weight excluding hydrogens is 170 g/mol. The lowest BCUT2D eigenvalue weighted by molar-refractivity contribution is 0.277. The van der Waals surface area contributed by atoms with E-state index in [4.69, 9.17) is 5.11 Å². The molecule has 0 spiro atoms. The van der Waals surface area contributed by atoms with E-state index in [2.05, 4.69) is 29.5 Å². The zero-order valence-corrected chi connectivity index (χ0v) is 7.38. The number of pyridine rings is 1.